The molecular formula is C23H23N7OS. The lowest BCUT2D eigenvalue weighted by Crippen LogP contribution is -2.09. The van der Waals surface area contributed by atoms with Crippen molar-refractivity contribution in [2.45, 2.75) is 20.3 Å². The molecule has 8 nitrogen and oxygen atoms in total. The van der Waals surface area contributed by atoms with Gasteiger partial charge in [0.2, 0.25) is 0 Å². The summed E-state index contributed by atoms with van der Waals surface area (Å²) in [5.74, 6) is 1.59. The molecule has 5 aromatic rings. The summed E-state index contributed by atoms with van der Waals surface area (Å²) in [5.41, 5.74) is 6.47. The molecule has 4 aromatic heterocycles. The molecule has 0 bridgehead atoms. The zero-order valence-corrected chi connectivity index (χ0v) is 18.9. The van der Waals surface area contributed by atoms with Gasteiger partial charge in [-0.3, -0.25) is 9.25 Å². The number of imidazole rings is 1. The van der Waals surface area contributed by atoms with Crippen molar-refractivity contribution >= 4 is 28.3 Å². The number of hydrogen-bond acceptors (Lipinski definition) is 7. The Kier molecular flexibility index (Phi) is 5.10. The fourth-order valence-electron chi connectivity index (χ4n) is 3.80. The fraction of sp³-hybridized carbons (Fsp3) is 0.217. The number of aromatic hydroxyl groups is 1. The van der Waals surface area contributed by atoms with Crippen LogP contribution >= 0.6 is 11.3 Å². The highest BCUT2D eigenvalue weighted by molar-refractivity contribution is 7.08. The van der Waals surface area contributed by atoms with Crippen molar-refractivity contribution in [3.05, 3.63) is 64.4 Å². The molecule has 4 heterocycles. The molecule has 0 spiro atoms. The smallest absolute Gasteiger partial charge is 0.170 e. The van der Waals surface area contributed by atoms with Gasteiger partial charge in [-0.25, -0.2) is 15.0 Å². The zero-order chi connectivity index (χ0) is 22.2. The van der Waals surface area contributed by atoms with E-state index < -0.39 is 0 Å². The molecule has 0 atom stereocenters. The van der Waals surface area contributed by atoms with E-state index >= 15 is 0 Å². The third kappa shape index (κ3) is 3.60. The van der Waals surface area contributed by atoms with Gasteiger partial charge in [0, 0.05) is 24.7 Å². The second-order valence-electron chi connectivity index (χ2n) is 7.68. The molecule has 2 N–H and O–H groups in total. The highest BCUT2D eigenvalue weighted by Crippen LogP contribution is 2.29. The van der Waals surface area contributed by atoms with Crippen molar-refractivity contribution < 1.29 is 5.11 Å². The highest BCUT2D eigenvalue weighted by atomic mass is 32.1. The number of aromatic nitrogens is 6. The number of benzene rings is 1. The van der Waals surface area contributed by atoms with E-state index in [2.05, 4.69) is 20.8 Å². The third-order valence-corrected chi connectivity index (χ3v) is 6.23. The maximum atomic E-state index is 9.50. The number of hydrogen-bond donors (Lipinski definition) is 2. The molecular weight excluding hydrogens is 422 g/mol. The fourth-order valence-corrected chi connectivity index (χ4v) is 4.43. The second kappa shape index (κ2) is 8.08. The summed E-state index contributed by atoms with van der Waals surface area (Å²) in [4.78, 5) is 14.4. The SMILES string of the molecule is Cc1nn(C)c(C)c1-c1nc(NCCc2ccc(O)cc2)c2ncn(-c3ccsc3)c2n1. The summed E-state index contributed by atoms with van der Waals surface area (Å²) < 4.78 is 3.84. The molecule has 0 radical (unpaired) electrons. The maximum Gasteiger partial charge on any atom is 0.170 e. The predicted molar refractivity (Wildman–Crippen MR) is 127 cm³/mol. The van der Waals surface area contributed by atoms with Gasteiger partial charge >= 0.3 is 0 Å². The Morgan fingerprint density at radius 2 is 1.91 bits per heavy atom. The van der Waals surface area contributed by atoms with Crippen LogP contribution in [0, 0.1) is 13.8 Å². The van der Waals surface area contributed by atoms with Gasteiger partial charge in [0.1, 0.15) is 12.1 Å². The van der Waals surface area contributed by atoms with Crippen molar-refractivity contribution in [2.24, 2.45) is 7.05 Å². The number of phenolic OH excluding ortho intramolecular Hbond substituents is 1. The lowest BCUT2D eigenvalue weighted by molar-refractivity contribution is 0.475. The van der Waals surface area contributed by atoms with E-state index in [1.165, 1.54) is 0 Å². The molecule has 0 aliphatic heterocycles. The molecule has 162 valence electrons. The van der Waals surface area contributed by atoms with Crippen LogP contribution in [-0.4, -0.2) is 41.0 Å². The Hall–Kier alpha value is -3.72. The summed E-state index contributed by atoms with van der Waals surface area (Å²) in [6.45, 7) is 4.67. The maximum absolute atomic E-state index is 9.50. The van der Waals surface area contributed by atoms with Crippen LogP contribution < -0.4 is 5.32 Å². The number of nitrogens with one attached hydrogen (secondary N) is 1. The average Bonchev–Trinajstić information content (AvgIpc) is 3.49. The van der Waals surface area contributed by atoms with E-state index in [-0.39, 0.29) is 5.75 Å². The van der Waals surface area contributed by atoms with E-state index in [1.54, 1.807) is 29.8 Å². The normalized spacial score (nSPS) is 11.3. The molecule has 0 unspecified atom stereocenters. The molecule has 0 amide bonds. The molecule has 0 saturated heterocycles. The van der Waals surface area contributed by atoms with Crippen LogP contribution in [0.25, 0.3) is 28.2 Å². The van der Waals surface area contributed by atoms with Crippen LogP contribution in [0.4, 0.5) is 5.82 Å². The molecule has 0 aliphatic carbocycles. The Labute approximate surface area is 189 Å². The topological polar surface area (TPSA) is 93.7 Å². The third-order valence-electron chi connectivity index (χ3n) is 5.56. The molecule has 0 aliphatic rings. The molecule has 0 fully saturated rings. The number of nitrogens with zero attached hydrogens (tertiary/aromatic N) is 6. The van der Waals surface area contributed by atoms with E-state index in [0.29, 0.717) is 18.2 Å². The number of phenols is 1. The molecule has 1 aromatic carbocycles. The van der Waals surface area contributed by atoms with Gasteiger partial charge in [0.05, 0.1) is 16.9 Å². The lowest BCUT2D eigenvalue weighted by Gasteiger charge is -2.10. The number of thiophene rings is 1. The molecule has 0 saturated carbocycles. The Balaban J connectivity index is 1.56. The minimum atomic E-state index is 0.269. The minimum absolute atomic E-state index is 0.269. The number of anilines is 1. The summed E-state index contributed by atoms with van der Waals surface area (Å²) in [6, 6.07) is 9.29. The van der Waals surface area contributed by atoms with Gasteiger partial charge in [0.15, 0.2) is 22.8 Å². The van der Waals surface area contributed by atoms with Crippen molar-refractivity contribution in [2.75, 3.05) is 11.9 Å². The van der Waals surface area contributed by atoms with E-state index in [9.17, 15) is 5.11 Å². The Bertz CT molecular complexity index is 1380. The summed E-state index contributed by atoms with van der Waals surface area (Å²) >= 11 is 1.63. The van der Waals surface area contributed by atoms with Gasteiger partial charge in [-0.05, 0) is 49.4 Å². The average molecular weight is 446 g/mol. The Morgan fingerprint density at radius 1 is 1.09 bits per heavy atom. The summed E-state index contributed by atoms with van der Waals surface area (Å²) in [6.07, 6.45) is 2.58. The van der Waals surface area contributed by atoms with Crippen LogP contribution in [0.2, 0.25) is 0 Å². The van der Waals surface area contributed by atoms with Crippen molar-refractivity contribution in [3.8, 4) is 22.8 Å². The van der Waals surface area contributed by atoms with Gasteiger partial charge < -0.3 is 10.4 Å². The quantitative estimate of drug-likeness (QED) is 0.406. The van der Waals surface area contributed by atoms with Crippen molar-refractivity contribution in [1.82, 2.24) is 29.3 Å². The first-order valence-electron chi connectivity index (χ1n) is 10.3. The monoisotopic (exact) mass is 445 g/mol. The molecule has 32 heavy (non-hydrogen) atoms. The highest BCUT2D eigenvalue weighted by Gasteiger charge is 2.20. The lowest BCUT2D eigenvalue weighted by atomic mass is 10.1. The number of aryl methyl sites for hydroxylation is 2. The first kappa shape index (κ1) is 20.2. The van der Waals surface area contributed by atoms with Gasteiger partial charge in [-0.15, -0.1) is 0 Å². The summed E-state index contributed by atoms with van der Waals surface area (Å²) in [5, 5.41) is 21.6. The van der Waals surface area contributed by atoms with Crippen LogP contribution in [0.5, 0.6) is 5.75 Å². The number of rotatable bonds is 6. The van der Waals surface area contributed by atoms with E-state index in [1.807, 2.05) is 53.7 Å². The van der Waals surface area contributed by atoms with Crippen LogP contribution in [0.1, 0.15) is 17.0 Å². The Morgan fingerprint density at radius 3 is 2.59 bits per heavy atom. The molecule has 5 rings (SSSR count). The predicted octanol–water partition coefficient (Wildman–Crippen LogP) is 4.25. The minimum Gasteiger partial charge on any atom is -0.508 e. The van der Waals surface area contributed by atoms with Gasteiger partial charge in [-0.1, -0.05) is 12.1 Å². The molecule has 9 heteroatoms. The second-order valence-corrected chi connectivity index (χ2v) is 8.46. The van der Waals surface area contributed by atoms with E-state index in [0.717, 1.165) is 45.8 Å². The van der Waals surface area contributed by atoms with Crippen molar-refractivity contribution in [3.63, 3.8) is 0 Å². The first-order chi connectivity index (χ1) is 15.5. The standard InChI is InChI=1S/C23H23N7OS/c1-14-19(15(2)29(3)28-14)21-26-22(24-10-8-16-4-6-18(31)7-5-16)20-23(27-21)30(13-25-20)17-9-11-32-12-17/h4-7,9,11-13,31H,8,10H2,1-3H3,(H,24,26,27). The largest absolute Gasteiger partial charge is 0.508 e. The number of fused-ring (bicyclic) bond motifs is 1. The van der Waals surface area contributed by atoms with Gasteiger partial charge in [0.25, 0.3) is 0 Å². The first-order valence-corrected chi connectivity index (χ1v) is 11.3. The van der Waals surface area contributed by atoms with Gasteiger partial charge in [-0.2, -0.15) is 16.4 Å². The summed E-state index contributed by atoms with van der Waals surface area (Å²) in [7, 11) is 1.93. The van der Waals surface area contributed by atoms with Crippen LogP contribution in [-0.2, 0) is 13.5 Å². The van der Waals surface area contributed by atoms with E-state index in [4.69, 9.17) is 9.97 Å². The van der Waals surface area contributed by atoms with Crippen LogP contribution in [0.15, 0.2) is 47.4 Å². The van der Waals surface area contributed by atoms with Crippen molar-refractivity contribution in [1.29, 1.82) is 0 Å². The zero-order valence-electron chi connectivity index (χ0n) is 18.1. The van der Waals surface area contributed by atoms with Crippen LogP contribution in [0.3, 0.4) is 0 Å².